The molecule has 154 valence electrons. The van der Waals surface area contributed by atoms with Gasteiger partial charge in [-0.05, 0) is 41.0 Å². The Balaban J connectivity index is 1.38. The Morgan fingerprint density at radius 3 is 2.00 bits per heavy atom. The van der Waals surface area contributed by atoms with E-state index in [4.69, 9.17) is 9.15 Å². The quantitative estimate of drug-likeness (QED) is 0.252. The maximum absolute atomic E-state index is 12.9. The van der Waals surface area contributed by atoms with Gasteiger partial charge in [0.25, 0.3) is 0 Å². The van der Waals surface area contributed by atoms with E-state index >= 15 is 0 Å². The first-order valence-corrected chi connectivity index (χ1v) is 10.2. The molecule has 0 aliphatic heterocycles. The Hall–Kier alpha value is -4.44. The SMILES string of the molecule is O=C(Oc1ccc2c(=O)c(-c3ccccc3)coc2c1)c1ccc(-c2ccccc2)cc1. The summed E-state index contributed by atoms with van der Waals surface area (Å²) < 4.78 is 11.2. The van der Waals surface area contributed by atoms with Crippen molar-refractivity contribution in [3.8, 4) is 28.0 Å². The fraction of sp³-hybridized carbons (Fsp3) is 0. The molecule has 4 heteroatoms. The van der Waals surface area contributed by atoms with Gasteiger partial charge in [0.2, 0.25) is 0 Å². The molecule has 0 saturated heterocycles. The minimum atomic E-state index is -0.479. The molecule has 1 aromatic heterocycles. The van der Waals surface area contributed by atoms with Gasteiger partial charge < -0.3 is 9.15 Å². The van der Waals surface area contributed by atoms with Gasteiger partial charge >= 0.3 is 5.97 Å². The first-order valence-electron chi connectivity index (χ1n) is 10.2. The van der Waals surface area contributed by atoms with Gasteiger partial charge in [-0.25, -0.2) is 4.79 Å². The number of benzene rings is 4. The highest BCUT2D eigenvalue weighted by atomic mass is 16.5. The van der Waals surface area contributed by atoms with E-state index < -0.39 is 5.97 Å². The molecule has 0 N–H and O–H groups in total. The van der Waals surface area contributed by atoms with Crippen molar-refractivity contribution in [1.29, 1.82) is 0 Å². The van der Waals surface area contributed by atoms with Crippen molar-refractivity contribution >= 4 is 16.9 Å². The fourth-order valence-corrected chi connectivity index (χ4v) is 3.58. The van der Waals surface area contributed by atoms with E-state index in [2.05, 4.69) is 0 Å². The highest BCUT2D eigenvalue weighted by Crippen LogP contribution is 2.24. The van der Waals surface area contributed by atoms with Gasteiger partial charge in [0.1, 0.15) is 17.6 Å². The second-order valence-electron chi connectivity index (χ2n) is 7.34. The summed E-state index contributed by atoms with van der Waals surface area (Å²) in [5.74, 6) is -0.169. The lowest BCUT2D eigenvalue weighted by atomic mass is 10.0. The van der Waals surface area contributed by atoms with Crippen molar-refractivity contribution in [2.75, 3.05) is 0 Å². The van der Waals surface area contributed by atoms with E-state index in [0.29, 0.717) is 27.8 Å². The minimum absolute atomic E-state index is 0.133. The monoisotopic (exact) mass is 418 g/mol. The van der Waals surface area contributed by atoms with E-state index in [1.807, 2.05) is 72.8 Å². The largest absolute Gasteiger partial charge is 0.463 e. The van der Waals surface area contributed by atoms with Crippen molar-refractivity contribution in [1.82, 2.24) is 0 Å². The zero-order valence-corrected chi connectivity index (χ0v) is 17.0. The number of carbonyl (C=O) groups excluding carboxylic acids is 1. The van der Waals surface area contributed by atoms with Crippen molar-refractivity contribution in [3.05, 3.63) is 125 Å². The van der Waals surface area contributed by atoms with Crippen LogP contribution in [0.5, 0.6) is 5.75 Å². The smallest absolute Gasteiger partial charge is 0.343 e. The van der Waals surface area contributed by atoms with Crippen LogP contribution in [0.15, 0.2) is 119 Å². The molecule has 0 atom stereocenters. The van der Waals surface area contributed by atoms with E-state index in [-0.39, 0.29) is 5.43 Å². The molecular formula is C28H18O4. The second kappa shape index (κ2) is 8.36. The molecule has 0 unspecified atom stereocenters. The van der Waals surface area contributed by atoms with Gasteiger partial charge in [-0.3, -0.25) is 4.79 Å². The maximum atomic E-state index is 12.9. The molecule has 0 amide bonds. The number of hydrogen-bond acceptors (Lipinski definition) is 4. The van der Waals surface area contributed by atoms with Crippen LogP contribution >= 0.6 is 0 Å². The van der Waals surface area contributed by atoms with Crippen LogP contribution in [-0.2, 0) is 0 Å². The molecular weight excluding hydrogens is 400 g/mol. The van der Waals surface area contributed by atoms with Crippen LogP contribution in [0.25, 0.3) is 33.2 Å². The Morgan fingerprint density at radius 1 is 0.688 bits per heavy atom. The number of rotatable bonds is 4. The number of ether oxygens (including phenoxy) is 1. The van der Waals surface area contributed by atoms with Crippen LogP contribution in [0.4, 0.5) is 0 Å². The van der Waals surface area contributed by atoms with Crippen molar-refractivity contribution in [3.63, 3.8) is 0 Å². The molecule has 5 aromatic rings. The summed E-state index contributed by atoms with van der Waals surface area (Å²) >= 11 is 0. The third kappa shape index (κ3) is 3.82. The molecule has 32 heavy (non-hydrogen) atoms. The average molecular weight is 418 g/mol. The maximum Gasteiger partial charge on any atom is 0.343 e. The molecule has 4 nitrogen and oxygen atoms in total. The fourth-order valence-electron chi connectivity index (χ4n) is 3.58. The lowest BCUT2D eigenvalue weighted by Gasteiger charge is -2.07. The van der Waals surface area contributed by atoms with Gasteiger partial charge in [0.15, 0.2) is 5.43 Å². The summed E-state index contributed by atoms with van der Waals surface area (Å²) in [7, 11) is 0. The third-order valence-corrected chi connectivity index (χ3v) is 5.27. The number of carbonyl (C=O) groups is 1. The van der Waals surface area contributed by atoms with Gasteiger partial charge in [-0.15, -0.1) is 0 Å². The Bertz CT molecular complexity index is 1450. The Morgan fingerprint density at radius 2 is 1.31 bits per heavy atom. The molecule has 0 bridgehead atoms. The molecule has 0 saturated carbocycles. The van der Waals surface area contributed by atoms with Crippen molar-refractivity contribution in [2.24, 2.45) is 0 Å². The van der Waals surface area contributed by atoms with Crippen LogP contribution in [0, 0.1) is 0 Å². The lowest BCUT2D eigenvalue weighted by Crippen LogP contribution is -2.09. The molecule has 0 spiro atoms. The number of fused-ring (bicyclic) bond motifs is 1. The molecule has 1 heterocycles. The predicted octanol–water partition coefficient (Wildman–Crippen LogP) is 6.35. The van der Waals surface area contributed by atoms with E-state index in [1.54, 1.807) is 30.3 Å². The Labute approximate surface area is 184 Å². The van der Waals surface area contributed by atoms with Crippen LogP contribution < -0.4 is 10.2 Å². The highest BCUT2D eigenvalue weighted by Gasteiger charge is 2.13. The van der Waals surface area contributed by atoms with Gasteiger partial charge in [0, 0.05) is 6.07 Å². The third-order valence-electron chi connectivity index (χ3n) is 5.27. The van der Waals surface area contributed by atoms with Gasteiger partial charge in [-0.1, -0.05) is 72.8 Å². The summed E-state index contributed by atoms with van der Waals surface area (Å²) in [6.07, 6.45) is 1.44. The summed E-state index contributed by atoms with van der Waals surface area (Å²) in [6.45, 7) is 0. The van der Waals surface area contributed by atoms with Gasteiger partial charge in [-0.2, -0.15) is 0 Å². The molecule has 0 aliphatic carbocycles. The van der Waals surface area contributed by atoms with Crippen molar-refractivity contribution in [2.45, 2.75) is 0 Å². The van der Waals surface area contributed by atoms with E-state index in [9.17, 15) is 9.59 Å². The molecule has 0 fully saturated rings. The molecule has 4 aromatic carbocycles. The molecule has 5 rings (SSSR count). The van der Waals surface area contributed by atoms with Crippen LogP contribution in [0.3, 0.4) is 0 Å². The summed E-state index contributed by atoms with van der Waals surface area (Å²) in [6, 6.07) is 31.3. The number of esters is 1. The lowest BCUT2D eigenvalue weighted by molar-refractivity contribution is 0.0735. The van der Waals surface area contributed by atoms with Crippen LogP contribution in [-0.4, -0.2) is 5.97 Å². The summed E-state index contributed by atoms with van der Waals surface area (Å²) in [4.78, 5) is 25.5. The zero-order chi connectivity index (χ0) is 21.9. The molecule has 0 radical (unpaired) electrons. The first-order chi connectivity index (χ1) is 15.7. The van der Waals surface area contributed by atoms with E-state index in [0.717, 1.165) is 16.7 Å². The normalized spacial score (nSPS) is 10.8. The topological polar surface area (TPSA) is 56.5 Å². The second-order valence-corrected chi connectivity index (χ2v) is 7.34. The summed E-state index contributed by atoms with van der Waals surface area (Å²) in [5.41, 5.74) is 4.03. The minimum Gasteiger partial charge on any atom is -0.463 e. The van der Waals surface area contributed by atoms with Crippen LogP contribution in [0.2, 0.25) is 0 Å². The highest BCUT2D eigenvalue weighted by molar-refractivity contribution is 5.92. The Kier molecular flexibility index (Phi) is 5.10. The van der Waals surface area contributed by atoms with Gasteiger partial charge in [0.05, 0.1) is 16.5 Å². The predicted molar refractivity (Wildman–Crippen MR) is 125 cm³/mol. The number of hydrogen-bond donors (Lipinski definition) is 0. The average Bonchev–Trinajstić information content (AvgIpc) is 2.85. The zero-order valence-electron chi connectivity index (χ0n) is 17.0. The molecule has 0 aliphatic rings. The van der Waals surface area contributed by atoms with Crippen molar-refractivity contribution < 1.29 is 13.9 Å². The van der Waals surface area contributed by atoms with Crippen LogP contribution in [0.1, 0.15) is 10.4 Å². The van der Waals surface area contributed by atoms with E-state index in [1.165, 1.54) is 6.26 Å². The summed E-state index contributed by atoms with van der Waals surface area (Å²) in [5, 5.41) is 0.429. The first kappa shape index (κ1) is 19.5. The standard InChI is InChI=1S/C28H18O4/c29-27-24-16-15-23(17-26(24)31-18-25(27)21-9-5-2-6-10-21)32-28(30)22-13-11-20(12-14-22)19-7-3-1-4-8-19/h1-18H.